The molecular formula is C15H20N4OS. The van der Waals surface area contributed by atoms with Crippen molar-refractivity contribution in [2.45, 2.75) is 26.8 Å². The summed E-state index contributed by atoms with van der Waals surface area (Å²) in [5.41, 5.74) is 1.33. The molecule has 0 aromatic carbocycles. The molecule has 0 unspecified atom stereocenters. The van der Waals surface area contributed by atoms with Gasteiger partial charge in [0.25, 0.3) is 0 Å². The standard InChI is InChI=1S/C15H20N4OS/c1-9(2)15(20)19-6-5-10-11(7-19)21-14-12(10)13(18(3)4)16-8-17-14/h8-9H,5-7H2,1-4H3. The normalized spacial score (nSPS) is 14.6. The molecule has 112 valence electrons. The highest BCUT2D eigenvalue weighted by Crippen LogP contribution is 2.38. The van der Waals surface area contributed by atoms with Crippen molar-refractivity contribution in [1.29, 1.82) is 0 Å². The predicted octanol–water partition coefficient (Wildman–Crippen LogP) is 2.30. The van der Waals surface area contributed by atoms with E-state index in [0.717, 1.165) is 23.6 Å². The molecule has 0 aliphatic carbocycles. The number of rotatable bonds is 2. The van der Waals surface area contributed by atoms with Gasteiger partial charge in [0.05, 0.1) is 11.9 Å². The third kappa shape index (κ3) is 2.37. The molecule has 0 spiro atoms. The summed E-state index contributed by atoms with van der Waals surface area (Å²) in [7, 11) is 4.01. The smallest absolute Gasteiger partial charge is 0.225 e. The lowest BCUT2D eigenvalue weighted by molar-refractivity contribution is -0.135. The molecule has 2 aromatic heterocycles. The van der Waals surface area contributed by atoms with Gasteiger partial charge in [-0.1, -0.05) is 13.8 Å². The maximum atomic E-state index is 12.2. The molecular weight excluding hydrogens is 284 g/mol. The molecule has 21 heavy (non-hydrogen) atoms. The van der Waals surface area contributed by atoms with Gasteiger partial charge in [0.1, 0.15) is 17.0 Å². The monoisotopic (exact) mass is 304 g/mol. The lowest BCUT2D eigenvalue weighted by Crippen LogP contribution is -2.37. The molecule has 1 aliphatic heterocycles. The number of hydrogen-bond acceptors (Lipinski definition) is 5. The van der Waals surface area contributed by atoms with Crippen molar-refractivity contribution in [3.63, 3.8) is 0 Å². The van der Waals surface area contributed by atoms with Crippen LogP contribution in [-0.4, -0.2) is 41.4 Å². The minimum atomic E-state index is 0.0538. The molecule has 0 atom stereocenters. The number of amides is 1. The molecule has 1 aliphatic rings. The highest BCUT2D eigenvalue weighted by atomic mass is 32.1. The van der Waals surface area contributed by atoms with E-state index >= 15 is 0 Å². The van der Waals surface area contributed by atoms with Gasteiger partial charge in [0.2, 0.25) is 5.91 Å². The van der Waals surface area contributed by atoms with Gasteiger partial charge < -0.3 is 9.80 Å². The van der Waals surface area contributed by atoms with Crippen LogP contribution in [0.5, 0.6) is 0 Å². The van der Waals surface area contributed by atoms with Gasteiger partial charge in [-0.3, -0.25) is 4.79 Å². The third-order valence-corrected chi connectivity index (χ3v) is 4.97. The van der Waals surface area contributed by atoms with Crippen LogP contribution in [0.15, 0.2) is 6.33 Å². The predicted molar refractivity (Wildman–Crippen MR) is 85.7 cm³/mol. The molecule has 0 radical (unpaired) electrons. The molecule has 1 amide bonds. The first-order valence-corrected chi connectivity index (χ1v) is 8.02. The Bertz CT molecular complexity index is 692. The fourth-order valence-corrected chi connectivity index (χ4v) is 4.00. The van der Waals surface area contributed by atoms with Gasteiger partial charge in [-0.25, -0.2) is 9.97 Å². The Kier molecular flexibility index (Phi) is 3.57. The third-order valence-electron chi connectivity index (χ3n) is 3.85. The van der Waals surface area contributed by atoms with E-state index in [4.69, 9.17) is 0 Å². The maximum absolute atomic E-state index is 12.2. The summed E-state index contributed by atoms with van der Waals surface area (Å²) in [5.74, 6) is 1.26. The zero-order chi connectivity index (χ0) is 15.1. The van der Waals surface area contributed by atoms with Crippen LogP contribution >= 0.6 is 11.3 Å². The molecule has 0 saturated heterocycles. The van der Waals surface area contributed by atoms with Crippen LogP contribution in [0.1, 0.15) is 24.3 Å². The number of carbonyl (C=O) groups is 1. The number of nitrogens with zero attached hydrogens (tertiary/aromatic N) is 4. The topological polar surface area (TPSA) is 49.3 Å². The zero-order valence-corrected chi connectivity index (χ0v) is 13.7. The van der Waals surface area contributed by atoms with Gasteiger partial charge in [0.15, 0.2) is 0 Å². The minimum Gasteiger partial charge on any atom is -0.362 e. The Morgan fingerprint density at radius 2 is 2.14 bits per heavy atom. The van der Waals surface area contributed by atoms with Gasteiger partial charge in [0, 0.05) is 31.4 Å². The van der Waals surface area contributed by atoms with Crippen LogP contribution in [0.3, 0.4) is 0 Å². The number of anilines is 1. The molecule has 3 heterocycles. The van der Waals surface area contributed by atoms with Gasteiger partial charge >= 0.3 is 0 Å². The van der Waals surface area contributed by atoms with E-state index < -0.39 is 0 Å². The Labute approximate surface area is 128 Å². The van der Waals surface area contributed by atoms with Crippen molar-refractivity contribution >= 4 is 33.3 Å². The average Bonchev–Trinajstić information content (AvgIpc) is 2.83. The molecule has 5 nitrogen and oxygen atoms in total. The summed E-state index contributed by atoms with van der Waals surface area (Å²) in [5, 5.41) is 1.17. The summed E-state index contributed by atoms with van der Waals surface area (Å²) in [6.07, 6.45) is 2.51. The fraction of sp³-hybridized carbons (Fsp3) is 0.533. The first kappa shape index (κ1) is 14.3. The largest absolute Gasteiger partial charge is 0.362 e. The van der Waals surface area contributed by atoms with Crippen LogP contribution in [0.25, 0.3) is 10.2 Å². The van der Waals surface area contributed by atoms with E-state index in [1.165, 1.54) is 15.8 Å². The van der Waals surface area contributed by atoms with E-state index in [2.05, 4.69) is 9.97 Å². The highest BCUT2D eigenvalue weighted by molar-refractivity contribution is 7.19. The number of thiophene rings is 1. The first-order chi connectivity index (χ1) is 9.99. The van der Waals surface area contributed by atoms with Crippen molar-refractivity contribution < 1.29 is 4.79 Å². The van der Waals surface area contributed by atoms with Crippen molar-refractivity contribution in [3.05, 3.63) is 16.8 Å². The second-order valence-corrected chi connectivity index (χ2v) is 7.02. The minimum absolute atomic E-state index is 0.0538. The second kappa shape index (κ2) is 5.26. The summed E-state index contributed by atoms with van der Waals surface area (Å²) in [4.78, 5) is 27.3. The SMILES string of the molecule is CC(C)C(=O)N1CCc2c(sc3ncnc(N(C)C)c23)C1. The van der Waals surface area contributed by atoms with Gasteiger partial charge in [-0.15, -0.1) is 11.3 Å². The molecule has 2 aromatic rings. The van der Waals surface area contributed by atoms with Crippen molar-refractivity contribution in [1.82, 2.24) is 14.9 Å². The summed E-state index contributed by atoms with van der Waals surface area (Å²) in [6.45, 7) is 5.41. The molecule has 0 N–H and O–H groups in total. The van der Waals surface area contributed by atoms with Crippen LogP contribution in [0.4, 0.5) is 5.82 Å². The van der Waals surface area contributed by atoms with Crippen molar-refractivity contribution in [2.24, 2.45) is 5.92 Å². The Morgan fingerprint density at radius 1 is 1.38 bits per heavy atom. The van der Waals surface area contributed by atoms with Crippen LogP contribution in [0.2, 0.25) is 0 Å². The molecule has 0 fully saturated rings. The van der Waals surface area contributed by atoms with Crippen molar-refractivity contribution in [2.75, 3.05) is 25.5 Å². The summed E-state index contributed by atoms with van der Waals surface area (Å²) < 4.78 is 0. The molecule has 6 heteroatoms. The maximum Gasteiger partial charge on any atom is 0.225 e. The first-order valence-electron chi connectivity index (χ1n) is 7.20. The van der Waals surface area contributed by atoms with Crippen molar-refractivity contribution in [3.8, 4) is 0 Å². The van der Waals surface area contributed by atoms with E-state index in [0.29, 0.717) is 6.54 Å². The Hall–Kier alpha value is -1.69. The quantitative estimate of drug-likeness (QED) is 0.854. The van der Waals surface area contributed by atoms with Gasteiger partial charge in [-0.2, -0.15) is 0 Å². The molecule has 0 bridgehead atoms. The molecule has 3 rings (SSSR count). The second-order valence-electron chi connectivity index (χ2n) is 5.94. The number of aromatic nitrogens is 2. The fourth-order valence-electron chi connectivity index (χ4n) is 2.80. The Morgan fingerprint density at radius 3 is 2.81 bits per heavy atom. The number of hydrogen-bond donors (Lipinski definition) is 0. The van der Waals surface area contributed by atoms with Crippen LogP contribution < -0.4 is 4.90 Å². The van der Waals surface area contributed by atoms with Crippen LogP contribution in [0, 0.1) is 5.92 Å². The van der Waals surface area contributed by atoms with E-state index in [1.54, 1.807) is 17.7 Å². The lowest BCUT2D eigenvalue weighted by Gasteiger charge is -2.28. The summed E-state index contributed by atoms with van der Waals surface area (Å²) in [6, 6.07) is 0. The number of fused-ring (bicyclic) bond motifs is 3. The van der Waals surface area contributed by atoms with E-state index in [-0.39, 0.29) is 11.8 Å². The summed E-state index contributed by atoms with van der Waals surface area (Å²) >= 11 is 1.69. The van der Waals surface area contributed by atoms with E-state index in [1.807, 2.05) is 37.7 Å². The molecule has 0 saturated carbocycles. The van der Waals surface area contributed by atoms with E-state index in [9.17, 15) is 4.79 Å². The average molecular weight is 304 g/mol. The van der Waals surface area contributed by atoms with Gasteiger partial charge in [-0.05, 0) is 12.0 Å². The Balaban J connectivity index is 2.04. The van der Waals surface area contributed by atoms with Crippen LogP contribution in [-0.2, 0) is 17.8 Å². The lowest BCUT2D eigenvalue weighted by atomic mass is 10.0. The zero-order valence-electron chi connectivity index (χ0n) is 12.9. The highest BCUT2D eigenvalue weighted by Gasteiger charge is 2.27. The number of carbonyl (C=O) groups excluding carboxylic acids is 1.